The fourth-order valence-electron chi connectivity index (χ4n) is 1.59. The van der Waals surface area contributed by atoms with Gasteiger partial charge >= 0.3 is 0 Å². The summed E-state index contributed by atoms with van der Waals surface area (Å²) in [5.41, 5.74) is 6.48. The van der Waals surface area contributed by atoms with Crippen LogP contribution in [0, 0.1) is 11.3 Å². The van der Waals surface area contributed by atoms with Crippen LogP contribution in [-0.2, 0) is 11.3 Å². The largest absolute Gasteiger partial charge is 0.370 e. The van der Waals surface area contributed by atoms with E-state index in [4.69, 9.17) is 11.0 Å². The molecule has 4 heteroatoms. The SMILES string of the molecule is CC(C)(CC(N)=O)NCc1cccc(C#N)c1. The molecule has 0 heterocycles. The number of nitrogens with two attached hydrogens (primary N) is 1. The van der Waals surface area contributed by atoms with E-state index in [0.717, 1.165) is 5.56 Å². The molecule has 4 nitrogen and oxygen atoms in total. The van der Waals surface area contributed by atoms with Crippen LogP contribution in [0.25, 0.3) is 0 Å². The molecule has 0 spiro atoms. The van der Waals surface area contributed by atoms with Crippen molar-refractivity contribution in [2.45, 2.75) is 32.4 Å². The van der Waals surface area contributed by atoms with Crippen LogP contribution in [0.2, 0.25) is 0 Å². The quantitative estimate of drug-likeness (QED) is 0.801. The monoisotopic (exact) mass is 231 g/mol. The van der Waals surface area contributed by atoms with Gasteiger partial charge in [0.25, 0.3) is 0 Å². The predicted molar refractivity (Wildman–Crippen MR) is 65.9 cm³/mol. The Morgan fingerprint density at radius 3 is 2.82 bits per heavy atom. The van der Waals surface area contributed by atoms with Gasteiger partial charge in [-0.05, 0) is 31.5 Å². The summed E-state index contributed by atoms with van der Waals surface area (Å²) in [6.07, 6.45) is 0.283. The number of amides is 1. The number of hydrogen-bond donors (Lipinski definition) is 2. The number of nitriles is 1. The van der Waals surface area contributed by atoms with Gasteiger partial charge in [0.05, 0.1) is 11.6 Å². The summed E-state index contributed by atoms with van der Waals surface area (Å²) < 4.78 is 0. The Balaban J connectivity index is 2.61. The molecule has 0 aliphatic heterocycles. The molecule has 0 atom stereocenters. The summed E-state index contributed by atoms with van der Waals surface area (Å²) in [5.74, 6) is -0.326. The van der Waals surface area contributed by atoms with Crippen LogP contribution in [0.1, 0.15) is 31.4 Å². The number of nitrogens with zero attached hydrogens (tertiary/aromatic N) is 1. The predicted octanol–water partition coefficient (Wildman–Crippen LogP) is 1.30. The fraction of sp³-hybridized carbons (Fsp3) is 0.385. The van der Waals surface area contributed by atoms with Crippen molar-refractivity contribution in [3.8, 4) is 6.07 Å². The zero-order chi connectivity index (χ0) is 12.9. The van der Waals surface area contributed by atoms with Crippen LogP contribution in [0.4, 0.5) is 0 Å². The third-order valence-electron chi connectivity index (χ3n) is 2.44. The van der Waals surface area contributed by atoms with E-state index in [1.54, 1.807) is 6.07 Å². The minimum absolute atomic E-state index is 0.283. The van der Waals surface area contributed by atoms with Gasteiger partial charge in [0.1, 0.15) is 0 Å². The standard InChI is InChI=1S/C13H17N3O/c1-13(2,7-12(15)17)16-9-11-5-3-4-10(6-11)8-14/h3-6,16H,7,9H2,1-2H3,(H2,15,17). The molecule has 0 unspecified atom stereocenters. The number of benzene rings is 1. The van der Waals surface area contributed by atoms with Crippen LogP contribution in [0.5, 0.6) is 0 Å². The van der Waals surface area contributed by atoms with Gasteiger partial charge in [-0.3, -0.25) is 4.79 Å². The fourth-order valence-corrected chi connectivity index (χ4v) is 1.59. The lowest BCUT2D eigenvalue weighted by atomic mass is 9.99. The van der Waals surface area contributed by atoms with E-state index >= 15 is 0 Å². The first-order chi connectivity index (χ1) is 7.93. The Morgan fingerprint density at radius 1 is 1.53 bits per heavy atom. The average molecular weight is 231 g/mol. The van der Waals surface area contributed by atoms with E-state index < -0.39 is 0 Å². The molecule has 1 amide bonds. The van der Waals surface area contributed by atoms with Crippen molar-refractivity contribution in [2.24, 2.45) is 5.73 Å². The van der Waals surface area contributed by atoms with Gasteiger partial charge < -0.3 is 11.1 Å². The van der Waals surface area contributed by atoms with Gasteiger partial charge in [-0.15, -0.1) is 0 Å². The van der Waals surface area contributed by atoms with Gasteiger partial charge in [0.2, 0.25) is 5.91 Å². The van der Waals surface area contributed by atoms with Gasteiger partial charge in [-0.25, -0.2) is 0 Å². The zero-order valence-electron chi connectivity index (χ0n) is 10.2. The molecule has 0 saturated carbocycles. The summed E-state index contributed by atoms with van der Waals surface area (Å²) in [6, 6.07) is 9.47. The summed E-state index contributed by atoms with van der Waals surface area (Å²) in [7, 11) is 0. The van der Waals surface area contributed by atoms with Crippen molar-refractivity contribution < 1.29 is 4.79 Å². The van der Waals surface area contributed by atoms with Crippen molar-refractivity contribution in [1.82, 2.24) is 5.32 Å². The molecule has 0 saturated heterocycles. The Hall–Kier alpha value is -1.86. The summed E-state index contributed by atoms with van der Waals surface area (Å²) in [5, 5.41) is 12.0. The molecule has 17 heavy (non-hydrogen) atoms. The maximum absolute atomic E-state index is 10.9. The number of nitrogens with one attached hydrogen (secondary N) is 1. The minimum Gasteiger partial charge on any atom is -0.370 e. The highest BCUT2D eigenvalue weighted by Gasteiger charge is 2.19. The number of hydrogen-bond acceptors (Lipinski definition) is 3. The van der Waals surface area contributed by atoms with Crippen molar-refractivity contribution in [3.05, 3.63) is 35.4 Å². The minimum atomic E-state index is -0.339. The molecule has 90 valence electrons. The number of carbonyl (C=O) groups excluding carboxylic acids is 1. The summed E-state index contributed by atoms with van der Waals surface area (Å²) in [6.45, 7) is 4.45. The Kier molecular flexibility index (Phi) is 4.24. The maximum atomic E-state index is 10.9. The van der Waals surface area contributed by atoms with E-state index in [2.05, 4.69) is 11.4 Å². The molecule has 3 N–H and O–H groups in total. The van der Waals surface area contributed by atoms with Crippen LogP contribution >= 0.6 is 0 Å². The second-order valence-electron chi connectivity index (χ2n) is 4.69. The first kappa shape index (κ1) is 13.2. The Labute approximate surface area is 101 Å². The first-order valence-corrected chi connectivity index (χ1v) is 5.45. The molecule has 0 radical (unpaired) electrons. The smallest absolute Gasteiger partial charge is 0.219 e. The summed E-state index contributed by atoms with van der Waals surface area (Å²) in [4.78, 5) is 10.9. The summed E-state index contributed by atoms with van der Waals surface area (Å²) >= 11 is 0. The highest BCUT2D eigenvalue weighted by atomic mass is 16.1. The lowest BCUT2D eigenvalue weighted by Gasteiger charge is -2.24. The second kappa shape index (κ2) is 5.46. The van der Waals surface area contributed by atoms with Crippen LogP contribution < -0.4 is 11.1 Å². The molecule has 0 aromatic heterocycles. The molecule has 0 bridgehead atoms. The molecule has 1 aromatic carbocycles. The first-order valence-electron chi connectivity index (χ1n) is 5.45. The van der Waals surface area contributed by atoms with Crippen LogP contribution in [0.15, 0.2) is 24.3 Å². The number of carbonyl (C=O) groups is 1. The van der Waals surface area contributed by atoms with E-state index in [1.165, 1.54) is 0 Å². The van der Waals surface area contributed by atoms with Crippen LogP contribution in [-0.4, -0.2) is 11.4 Å². The van der Waals surface area contributed by atoms with Crippen molar-refractivity contribution >= 4 is 5.91 Å². The molecular formula is C13H17N3O. The van der Waals surface area contributed by atoms with Gasteiger partial charge in [-0.2, -0.15) is 5.26 Å². The Morgan fingerprint density at radius 2 is 2.24 bits per heavy atom. The number of primary amides is 1. The van der Waals surface area contributed by atoms with Crippen LogP contribution in [0.3, 0.4) is 0 Å². The third kappa shape index (κ3) is 4.66. The van der Waals surface area contributed by atoms with Gasteiger partial charge in [-0.1, -0.05) is 12.1 Å². The topological polar surface area (TPSA) is 78.9 Å². The van der Waals surface area contributed by atoms with Crippen molar-refractivity contribution in [3.63, 3.8) is 0 Å². The van der Waals surface area contributed by atoms with E-state index in [1.807, 2.05) is 32.0 Å². The Bertz CT molecular complexity index is 446. The lowest BCUT2D eigenvalue weighted by molar-refractivity contribution is -0.119. The van der Waals surface area contributed by atoms with Gasteiger partial charge in [0.15, 0.2) is 0 Å². The average Bonchev–Trinajstić information content (AvgIpc) is 2.25. The zero-order valence-corrected chi connectivity index (χ0v) is 10.2. The van der Waals surface area contributed by atoms with E-state index in [-0.39, 0.29) is 17.9 Å². The molecule has 0 aliphatic carbocycles. The van der Waals surface area contributed by atoms with E-state index in [0.29, 0.717) is 12.1 Å². The van der Waals surface area contributed by atoms with Crippen molar-refractivity contribution in [2.75, 3.05) is 0 Å². The molecule has 0 aliphatic rings. The highest BCUT2D eigenvalue weighted by molar-refractivity contribution is 5.74. The lowest BCUT2D eigenvalue weighted by Crippen LogP contribution is -2.42. The molecule has 1 aromatic rings. The highest BCUT2D eigenvalue weighted by Crippen LogP contribution is 2.10. The normalized spacial score (nSPS) is 10.9. The van der Waals surface area contributed by atoms with E-state index in [9.17, 15) is 4.79 Å². The van der Waals surface area contributed by atoms with Crippen molar-refractivity contribution in [1.29, 1.82) is 5.26 Å². The number of rotatable bonds is 5. The maximum Gasteiger partial charge on any atom is 0.219 e. The molecular weight excluding hydrogens is 214 g/mol. The third-order valence-corrected chi connectivity index (χ3v) is 2.44. The molecule has 1 rings (SSSR count). The second-order valence-corrected chi connectivity index (χ2v) is 4.69. The van der Waals surface area contributed by atoms with Gasteiger partial charge in [0, 0.05) is 18.5 Å². The molecule has 0 fully saturated rings.